The molecule has 0 saturated carbocycles. The molecule has 0 fully saturated rings. The van der Waals surface area contributed by atoms with Crippen molar-refractivity contribution in [3.05, 3.63) is 82.1 Å². The lowest BCUT2D eigenvalue weighted by atomic mass is 10.1. The first-order valence-electron chi connectivity index (χ1n) is 8.24. The summed E-state index contributed by atoms with van der Waals surface area (Å²) >= 11 is 3.44. The Bertz CT molecular complexity index is 1150. The van der Waals surface area contributed by atoms with Gasteiger partial charge in [-0.1, -0.05) is 21.1 Å². The summed E-state index contributed by atoms with van der Waals surface area (Å²) in [6.07, 6.45) is 0. The van der Waals surface area contributed by atoms with Gasteiger partial charge in [-0.25, -0.2) is 4.39 Å². The maximum Gasteiger partial charge on any atom is 0.255 e. The highest BCUT2D eigenvalue weighted by molar-refractivity contribution is 9.10. The highest BCUT2D eigenvalue weighted by Crippen LogP contribution is 2.30. The van der Waals surface area contributed by atoms with Crippen molar-refractivity contribution in [2.24, 2.45) is 0 Å². The van der Waals surface area contributed by atoms with E-state index in [4.69, 9.17) is 4.52 Å². The molecule has 4 aromatic rings. The zero-order chi connectivity index (χ0) is 19.0. The number of carbonyl (C=O) groups is 1. The highest BCUT2D eigenvalue weighted by atomic mass is 79.9. The van der Waals surface area contributed by atoms with E-state index >= 15 is 0 Å². The van der Waals surface area contributed by atoms with Crippen LogP contribution in [-0.2, 0) is 0 Å². The van der Waals surface area contributed by atoms with E-state index in [1.807, 2.05) is 25.1 Å². The molecule has 1 amide bonds. The molecule has 1 heterocycles. The van der Waals surface area contributed by atoms with Gasteiger partial charge in [0.1, 0.15) is 11.3 Å². The van der Waals surface area contributed by atoms with Crippen LogP contribution in [0.5, 0.6) is 0 Å². The largest absolute Gasteiger partial charge is 0.355 e. The molecule has 0 aliphatic heterocycles. The van der Waals surface area contributed by atoms with Crippen LogP contribution in [0.25, 0.3) is 22.2 Å². The lowest BCUT2D eigenvalue weighted by molar-refractivity contribution is 0.102. The standard InChI is InChI=1S/C21H14BrFN2O2/c1-12-10-16(7-8-18(12)22)24-21(26)14-4-9-19-17(11-14)20(27-25-19)13-2-5-15(23)6-3-13/h2-11H,1H3,(H,24,26). The molecule has 0 bridgehead atoms. The van der Waals surface area contributed by atoms with Crippen LogP contribution in [0.1, 0.15) is 15.9 Å². The number of aromatic nitrogens is 1. The first-order valence-corrected chi connectivity index (χ1v) is 9.03. The van der Waals surface area contributed by atoms with E-state index in [2.05, 4.69) is 26.4 Å². The molecular weight excluding hydrogens is 411 g/mol. The van der Waals surface area contributed by atoms with Gasteiger partial charge in [0.2, 0.25) is 0 Å². The van der Waals surface area contributed by atoms with E-state index in [0.29, 0.717) is 33.5 Å². The summed E-state index contributed by atoms with van der Waals surface area (Å²) in [4.78, 5) is 12.6. The molecule has 27 heavy (non-hydrogen) atoms. The maximum absolute atomic E-state index is 13.2. The first-order chi connectivity index (χ1) is 13.0. The van der Waals surface area contributed by atoms with E-state index in [9.17, 15) is 9.18 Å². The van der Waals surface area contributed by atoms with Crippen molar-refractivity contribution in [3.63, 3.8) is 0 Å². The number of hydrogen-bond donors (Lipinski definition) is 1. The van der Waals surface area contributed by atoms with Gasteiger partial charge in [0.15, 0.2) is 5.76 Å². The van der Waals surface area contributed by atoms with Gasteiger partial charge in [0.05, 0.1) is 5.39 Å². The fourth-order valence-corrected chi connectivity index (χ4v) is 3.06. The number of nitrogens with one attached hydrogen (secondary N) is 1. The third-order valence-electron chi connectivity index (χ3n) is 4.26. The number of amides is 1. The Hall–Kier alpha value is -2.99. The third-order valence-corrected chi connectivity index (χ3v) is 5.15. The van der Waals surface area contributed by atoms with Crippen molar-refractivity contribution in [3.8, 4) is 11.3 Å². The first kappa shape index (κ1) is 17.4. The molecule has 0 saturated heterocycles. The molecule has 1 aromatic heterocycles. The normalized spacial score (nSPS) is 10.9. The molecule has 3 aromatic carbocycles. The summed E-state index contributed by atoms with van der Waals surface area (Å²) < 4.78 is 19.6. The summed E-state index contributed by atoms with van der Waals surface area (Å²) in [6, 6.07) is 16.7. The molecule has 0 unspecified atom stereocenters. The van der Waals surface area contributed by atoms with Gasteiger partial charge >= 0.3 is 0 Å². The van der Waals surface area contributed by atoms with Gasteiger partial charge in [-0.3, -0.25) is 4.79 Å². The van der Waals surface area contributed by atoms with Crippen LogP contribution < -0.4 is 5.32 Å². The monoisotopic (exact) mass is 424 g/mol. The summed E-state index contributed by atoms with van der Waals surface area (Å²) in [6.45, 7) is 1.96. The number of nitrogens with zero attached hydrogens (tertiary/aromatic N) is 1. The lowest BCUT2D eigenvalue weighted by Gasteiger charge is -2.07. The van der Waals surface area contributed by atoms with Gasteiger partial charge in [0.25, 0.3) is 5.91 Å². The minimum Gasteiger partial charge on any atom is -0.355 e. The van der Waals surface area contributed by atoms with Crippen molar-refractivity contribution < 1.29 is 13.7 Å². The van der Waals surface area contributed by atoms with Gasteiger partial charge < -0.3 is 9.84 Å². The van der Waals surface area contributed by atoms with Crippen LogP contribution in [0, 0.1) is 12.7 Å². The number of benzene rings is 3. The topological polar surface area (TPSA) is 55.1 Å². The number of aryl methyl sites for hydroxylation is 1. The zero-order valence-electron chi connectivity index (χ0n) is 14.3. The van der Waals surface area contributed by atoms with E-state index in [1.54, 1.807) is 30.3 Å². The summed E-state index contributed by atoms with van der Waals surface area (Å²) in [5, 5.41) is 7.60. The fraction of sp³-hybridized carbons (Fsp3) is 0.0476. The van der Waals surface area contributed by atoms with Crippen LogP contribution in [0.15, 0.2) is 69.7 Å². The van der Waals surface area contributed by atoms with Gasteiger partial charge in [0, 0.05) is 21.3 Å². The number of halogens is 2. The number of anilines is 1. The molecule has 134 valence electrons. The Morgan fingerprint density at radius 3 is 2.59 bits per heavy atom. The van der Waals surface area contributed by atoms with Gasteiger partial charge in [-0.2, -0.15) is 0 Å². The molecule has 6 heteroatoms. The van der Waals surface area contributed by atoms with Crippen molar-refractivity contribution >= 4 is 38.4 Å². The molecule has 0 radical (unpaired) electrons. The SMILES string of the molecule is Cc1cc(NC(=O)c2ccc3noc(-c4ccc(F)cc4)c3c2)ccc1Br. The Morgan fingerprint density at radius 2 is 1.85 bits per heavy atom. The Balaban J connectivity index is 1.68. The Kier molecular flexibility index (Phi) is 4.49. The quantitative estimate of drug-likeness (QED) is 0.441. The van der Waals surface area contributed by atoms with E-state index in [-0.39, 0.29) is 11.7 Å². The summed E-state index contributed by atoms with van der Waals surface area (Å²) in [7, 11) is 0. The maximum atomic E-state index is 13.2. The third kappa shape index (κ3) is 3.48. The molecular formula is C21H14BrFN2O2. The second-order valence-corrected chi connectivity index (χ2v) is 7.02. The van der Waals surface area contributed by atoms with E-state index in [0.717, 1.165) is 10.0 Å². The minimum atomic E-state index is -0.326. The van der Waals surface area contributed by atoms with Crippen LogP contribution in [0.2, 0.25) is 0 Å². The second kappa shape index (κ2) is 6.96. The molecule has 0 aliphatic carbocycles. The fourth-order valence-electron chi connectivity index (χ4n) is 2.82. The number of fused-ring (bicyclic) bond motifs is 1. The number of carbonyl (C=O) groups excluding carboxylic acids is 1. The van der Waals surface area contributed by atoms with Gasteiger partial charge in [-0.15, -0.1) is 0 Å². The van der Waals surface area contributed by atoms with Crippen LogP contribution in [0.4, 0.5) is 10.1 Å². The molecule has 0 spiro atoms. The molecule has 4 rings (SSSR count). The van der Waals surface area contributed by atoms with Gasteiger partial charge in [-0.05, 0) is 73.2 Å². The smallest absolute Gasteiger partial charge is 0.255 e. The average Bonchev–Trinajstić information content (AvgIpc) is 3.08. The van der Waals surface area contributed by atoms with Crippen molar-refractivity contribution in [1.29, 1.82) is 0 Å². The van der Waals surface area contributed by atoms with Crippen molar-refractivity contribution in [2.45, 2.75) is 6.92 Å². The second-order valence-electron chi connectivity index (χ2n) is 6.17. The zero-order valence-corrected chi connectivity index (χ0v) is 15.9. The van der Waals surface area contributed by atoms with E-state index < -0.39 is 0 Å². The van der Waals surface area contributed by atoms with Crippen molar-refractivity contribution in [1.82, 2.24) is 5.16 Å². The highest BCUT2D eigenvalue weighted by Gasteiger charge is 2.14. The predicted octanol–water partition coefficient (Wildman–Crippen LogP) is 5.96. The number of hydrogen-bond acceptors (Lipinski definition) is 3. The molecule has 4 nitrogen and oxygen atoms in total. The van der Waals surface area contributed by atoms with Crippen molar-refractivity contribution in [2.75, 3.05) is 5.32 Å². The predicted molar refractivity (Wildman–Crippen MR) is 106 cm³/mol. The average molecular weight is 425 g/mol. The number of rotatable bonds is 3. The minimum absolute atomic E-state index is 0.232. The van der Waals surface area contributed by atoms with Crippen LogP contribution in [0.3, 0.4) is 0 Å². The molecule has 1 N–H and O–H groups in total. The summed E-state index contributed by atoms with van der Waals surface area (Å²) in [5.74, 6) is -0.0588. The molecule has 0 atom stereocenters. The Morgan fingerprint density at radius 1 is 1.07 bits per heavy atom. The summed E-state index contributed by atoms with van der Waals surface area (Å²) in [5.41, 5.74) is 3.55. The van der Waals surface area contributed by atoms with Crippen LogP contribution >= 0.6 is 15.9 Å². The lowest BCUT2D eigenvalue weighted by Crippen LogP contribution is -2.11. The Labute approximate surface area is 163 Å². The van der Waals surface area contributed by atoms with Crippen LogP contribution in [-0.4, -0.2) is 11.1 Å². The molecule has 0 aliphatic rings. The van der Waals surface area contributed by atoms with E-state index in [1.165, 1.54) is 12.1 Å².